The Kier molecular flexibility index (Phi) is 9.59. The Labute approximate surface area is 168 Å². The van der Waals surface area contributed by atoms with Crippen molar-refractivity contribution in [2.24, 2.45) is 0 Å². The summed E-state index contributed by atoms with van der Waals surface area (Å²) in [5.41, 5.74) is 0. The van der Waals surface area contributed by atoms with Crippen LogP contribution < -0.4 is 0 Å². The highest BCUT2D eigenvalue weighted by Crippen LogP contribution is 2.38. The summed E-state index contributed by atoms with van der Waals surface area (Å²) in [4.78, 5) is 11.2. The summed E-state index contributed by atoms with van der Waals surface area (Å²) in [6, 6.07) is 0. The van der Waals surface area contributed by atoms with Gasteiger partial charge in [0.15, 0.2) is 6.61 Å². The molecule has 0 spiro atoms. The third-order valence-electron chi connectivity index (χ3n) is 2.71. The van der Waals surface area contributed by atoms with Crippen LogP contribution in [0.2, 0.25) is 0 Å². The van der Waals surface area contributed by atoms with Crippen LogP contribution in [0.25, 0.3) is 0 Å². The second kappa shape index (κ2) is 10.1. The van der Waals surface area contributed by atoms with E-state index in [9.17, 15) is 66.3 Å². The van der Waals surface area contributed by atoms with Crippen molar-refractivity contribution in [3.63, 3.8) is 0 Å². The second-order valence-electron chi connectivity index (χ2n) is 5.92. The van der Waals surface area contributed by atoms with Crippen LogP contribution >= 0.6 is 0 Å². The first-order valence-electron chi connectivity index (χ1n) is 7.59. The Balaban J connectivity index is 5.24. The largest absolute Gasteiger partial charge is 0.457 e. The second-order valence-corrected chi connectivity index (χ2v) is 5.92. The van der Waals surface area contributed by atoms with Gasteiger partial charge in [-0.1, -0.05) is 0 Å². The monoisotopic (exact) mass is 514 g/mol. The van der Waals surface area contributed by atoms with Crippen molar-refractivity contribution in [1.82, 2.24) is 0 Å². The molecule has 5 nitrogen and oxygen atoms in total. The van der Waals surface area contributed by atoms with Crippen LogP contribution in [0.4, 0.5) is 61.5 Å². The lowest BCUT2D eigenvalue weighted by Gasteiger charge is -2.28. The molecule has 192 valence electrons. The third-order valence-corrected chi connectivity index (χ3v) is 2.71. The van der Waals surface area contributed by atoms with E-state index >= 15 is 0 Å². The number of carbonyl (C=O) groups is 1. The molecule has 0 amide bonds. The van der Waals surface area contributed by atoms with Gasteiger partial charge in [0, 0.05) is 7.11 Å². The minimum Gasteiger partial charge on any atom is -0.457 e. The van der Waals surface area contributed by atoms with Crippen LogP contribution in [-0.2, 0) is 23.7 Å². The molecule has 0 heterocycles. The molecule has 0 rings (SSSR count). The molecular weight excluding hydrogens is 502 g/mol. The van der Waals surface area contributed by atoms with E-state index in [1.807, 2.05) is 0 Å². The van der Waals surface area contributed by atoms with E-state index in [2.05, 4.69) is 18.9 Å². The van der Waals surface area contributed by atoms with E-state index in [1.165, 1.54) is 0 Å². The lowest BCUT2D eigenvalue weighted by molar-refractivity contribution is -0.395. The number of methoxy groups -OCH3 is 1. The van der Waals surface area contributed by atoms with Crippen LogP contribution in [0.1, 0.15) is 12.8 Å². The van der Waals surface area contributed by atoms with Crippen molar-refractivity contribution in [1.29, 1.82) is 0 Å². The number of carbonyl (C=O) groups excluding carboxylic acids is 1. The average Bonchev–Trinajstić information content (AvgIpc) is 2.44. The maximum atomic E-state index is 13.4. The Morgan fingerprint density at radius 2 is 1.22 bits per heavy atom. The van der Waals surface area contributed by atoms with Crippen LogP contribution in [-0.4, -0.2) is 69.0 Å². The van der Waals surface area contributed by atoms with E-state index in [-0.39, 0.29) is 0 Å². The topological polar surface area (TPSA) is 54.0 Å². The number of esters is 1. The highest BCUT2D eigenvalue weighted by molar-refractivity contribution is 5.75. The summed E-state index contributed by atoms with van der Waals surface area (Å²) in [6.45, 7) is -4.54. The van der Waals surface area contributed by atoms with Gasteiger partial charge in [-0.3, -0.25) is 9.47 Å². The molecule has 0 saturated heterocycles. The van der Waals surface area contributed by atoms with Crippen molar-refractivity contribution in [2.75, 3.05) is 20.3 Å². The van der Waals surface area contributed by atoms with Crippen molar-refractivity contribution < 1.29 is 85.2 Å². The van der Waals surface area contributed by atoms with Gasteiger partial charge in [0.25, 0.3) is 12.0 Å². The van der Waals surface area contributed by atoms with Crippen LogP contribution in [0, 0.1) is 0 Å². The summed E-state index contributed by atoms with van der Waals surface area (Å²) in [5.74, 6) is -8.22. The van der Waals surface area contributed by atoms with Crippen molar-refractivity contribution >= 4 is 5.97 Å². The molecule has 0 radical (unpaired) electrons. The van der Waals surface area contributed by atoms with Gasteiger partial charge in [0.1, 0.15) is 19.4 Å². The summed E-state index contributed by atoms with van der Waals surface area (Å²) in [6.07, 6.45) is -38.7. The molecule has 0 saturated carbocycles. The minimum absolute atomic E-state index is 0.598. The quantitative estimate of drug-likeness (QED) is 0.274. The highest BCUT2D eigenvalue weighted by Gasteiger charge is 2.56. The molecule has 0 aliphatic rings. The van der Waals surface area contributed by atoms with Gasteiger partial charge in [-0.15, -0.1) is 0 Å². The van der Waals surface area contributed by atoms with E-state index in [1.54, 1.807) is 0 Å². The zero-order valence-corrected chi connectivity index (χ0v) is 15.2. The molecule has 1 atom stereocenters. The molecule has 0 aromatic rings. The van der Waals surface area contributed by atoms with Gasteiger partial charge in [0.2, 0.25) is 0 Å². The van der Waals surface area contributed by atoms with Crippen LogP contribution in [0.5, 0.6) is 0 Å². The summed E-state index contributed by atoms with van der Waals surface area (Å²) < 4.78 is 191. The Bertz CT molecular complexity index is 615. The molecule has 0 N–H and O–H groups in total. The van der Waals surface area contributed by atoms with Gasteiger partial charge in [-0.25, -0.2) is 13.6 Å². The number of alkyl halides is 14. The van der Waals surface area contributed by atoms with Crippen LogP contribution in [0.3, 0.4) is 0 Å². The van der Waals surface area contributed by atoms with Gasteiger partial charge in [0.05, 0.1) is 0 Å². The molecule has 19 heteroatoms. The number of rotatable bonds is 12. The molecule has 0 aliphatic carbocycles. The number of hydrogen-bond acceptors (Lipinski definition) is 5. The zero-order chi connectivity index (χ0) is 25.8. The molecule has 32 heavy (non-hydrogen) atoms. The van der Waals surface area contributed by atoms with Gasteiger partial charge >= 0.3 is 36.6 Å². The third kappa shape index (κ3) is 12.4. The number of halogens is 14. The Morgan fingerprint density at radius 1 is 0.719 bits per heavy atom. The first-order chi connectivity index (χ1) is 13.9. The lowest BCUT2D eigenvalue weighted by Crippen LogP contribution is -2.47. The van der Waals surface area contributed by atoms with Gasteiger partial charge < -0.3 is 9.47 Å². The van der Waals surface area contributed by atoms with Crippen molar-refractivity contribution in [3.05, 3.63) is 0 Å². The average molecular weight is 514 g/mol. The van der Waals surface area contributed by atoms with Crippen LogP contribution in [0.15, 0.2) is 0 Å². The first-order valence-corrected chi connectivity index (χ1v) is 7.59. The summed E-state index contributed by atoms with van der Waals surface area (Å²) >= 11 is 0. The number of hydrogen-bond donors (Lipinski definition) is 0. The lowest BCUT2D eigenvalue weighted by atomic mass is 10.2. The fraction of sp³-hybridized carbons (Fsp3) is 0.923. The predicted molar refractivity (Wildman–Crippen MR) is 69.9 cm³/mol. The van der Waals surface area contributed by atoms with Crippen molar-refractivity contribution in [3.8, 4) is 0 Å². The molecule has 0 bridgehead atoms. The molecular formula is C13H12F14O5. The Morgan fingerprint density at radius 3 is 1.62 bits per heavy atom. The highest BCUT2D eigenvalue weighted by atomic mass is 19.4. The fourth-order valence-corrected chi connectivity index (χ4v) is 1.75. The maximum absolute atomic E-state index is 13.4. The SMILES string of the molecule is COCC(F)(F)OC(F)(F)CC(F)(F)COC(=O)C(OC(F)(F)CC(F)(F)F)C(F)(F)F. The van der Waals surface area contributed by atoms with Gasteiger partial charge in [-0.2, -0.15) is 52.7 Å². The van der Waals surface area contributed by atoms with E-state index in [4.69, 9.17) is 0 Å². The first kappa shape index (κ1) is 30.4. The van der Waals surface area contributed by atoms with E-state index in [0.717, 1.165) is 0 Å². The number of ether oxygens (including phenoxy) is 4. The van der Waals surface area contributed by atoms with E-state index in [0.29, 0.717) is 7.11 Å². The zero-order valence-electron chi connectivity index (χ0n) is 15.2. The molecule has 0 aromatic carbocycles. The maximum Gasteiger partial charge on any atom is 0.425 e. The minimum atomic E-state index is -6.21. The fourth-order valence-electron chi connectivity index (χ4n) is 1.75. The van der Waals surface area contributed by atoms with Gasteiger partial charge in [-0.05, 0) is 0 Å². The molecule has 0 aromatic heterocycles. The standard InChI is InChI=1S/C13H12F14O5/c1-29-5-12(23,24)32-11(21,22)2-8(14,15)4-30-7(28)6(13(25,26)27)31-10(19,20)3-9(16,17)18/h6H,2-5H2,1H3. The molecule has 0 aliphatic heterocycles. The predicted octanol–water partition coefficient (Wildman–Crippen LogP) is 4.90. The summed E-state index contributed by atoms with van der Waals surface area (Å²) in [5, 5.41) is 0. The normalized spacial score (nSPS) is 15.6. The molecule has 0 fully saturated rings. The summed E-state index contributed by atoms with van der Waals surface area (Å²) in [7, 11) is 0.598. The Hall–Kier alpha value is -1.63. The molecule has 1 unspecified atom stereocenters. The van der Waals surface area contributed by atoms with E-state index < -0.39 is 74.7 Å². The van der Waals surface area contributed by atoms with Crippen molar-refractivity contribution in [2.45, 2.75) is 55.5 Å². The smallest absolute Gasteiger partial charge is 0.425 e.